The Balaban J connectivity index is 0.000000496. The quantitative estimate of drug-likeness (QED) is 0.252. The van der Waals surface area contributed by atoms with Gasteiger partial charge in [0.05, 0.1) is 25.5 Å². The Hall–Kier alpha value is -0.870. The lowest BCUT2D eigenvalue weighted by atomic mass is 10.1. The maximum Gasteiger partial charge on any atom is 0.141 e. The molecule has 0 N–H and O–H groups in total. The largest absolute Gasteiger partial charge is 0.744 e. The lowest BCUT2D eigenvalue weighted by molar-refractivity contribution is -0.883. The number of hydrogen-bond acceptors (Lipinski definition) is 3. The smallest absolute Gasteiger partial charge is 0.141 e. The first-order valence-electron chi connectivity index (χ1n) is 8.64. The average molecular weight is 432 g/mol. The highest BCUT2D eigenvalue weighted by atomic mass is 79.9. The maximum absolute atomic E-state index is 10.3. The number of halogens is 1. The maximum atomic E-state index is 10.3. The van der Waals surface area contributed by atoms with Gasteiger partial charge in [-0.05, 0) is 35.7 Å². The molecular weight excluding hydrogens is 402 g/mol. The number of hydrogen-bond donors (Lipinski definition) is 0. The predicted octanol–water partition coefficient (Wildman–Crippen LogP) is 4.37. The van der Waals surface area contributed by atoms with E-state index in [1.165, 1.54) is 69.3 Å². The fourth-order valence-electron chi connectivity index (χ4n) is 2.23. The van der Waals surface area contributed by atoms with Crippen LogP contribution < -0.4 is 0 Å². The lowest BCUT2D eigenvalue weighted by Crippen LogP contribution is -2.40. The van der Waals surface area contributed by atoms with E-state index in [1.807, 2.05) is 0 Å². The molecular formula is C19H30BrNO3S. The Labute approximate surface area is 162 Å². The molecule has 0 heterocycles. The van der Waals surface area contributed by atoms with Crippen LogP contribution in [0.4, 0.5) is 0 Å². The highest BCUT2D eigenvalue weighted by molar-refractivity contribution is 9.12. The van der Waals surface area contributed by atoms with Gasteiger partial charge >= 0.3 is 0 Å². The number of rotatable bonds is 9. The fraction of sp³-hybridized carbons (Fsp3) is 0.579. The average Bonchev–Trinajstić information content (AvgIpc) is 2.57. The van der Waals surface area contributed by atoms with Crippen LogP contribution in [0.1, 0.15) is 45.4 Å². The summed E-state index contributed by atoms with van der Waals surface area (Å²) < 4.78 is 31.9. The summed E-state index contributed by atoms with van der Waals surface area (Å²) in [6.45, 7) is 4.45. The van der Waals surface area contributed by atoms with E-state index in [1.54, 1.807) is 6.07 Å². The summed E-state index contributed by atoms with van der Waals surface area (Å²) >= 11 is 3.14. The van der Waals surface area contributed by atoms with Crippen molar-refractivity contribution in [1.29, 1.82) is 0 Å². The SMILES string of the molecule is CCCCCCCC[N+](C)(C)CC#CBr.O=S(=O)([O-])c1ccccc1. The van der Waals surface area contributed by atoms with Gasteiger partial charge in [-0.15, -0.1) is 0 Å². The molecule has 25 heavy (non-hydrogen) atoms. The summed E-state index contributed by atoms with van der Waals surface area (Å²) in [4.78, 5) is 2.60. The minimum atomic E-state index is -4.25. The minimum Gasteiger partial charge on any atom is -0.744 e. The molecule has 1 aromatic rings. The molecule has 0 unspecified atom stereocenters. The second-order valence-electron chi connectivity index (χ2n) is 6.62. The van der Waals surface area contributed by atoms with Gasteiger partial charge in [-0.25, -0.2) is 8.42 Å². The second-order valence-corrected chi connectivity index (χ2v) is 8.40. The molecule has 0 amide bonds. The summed E-state index contributed by atoms with van der Waals surface area (Å²) in [5, 5.41) is 0. The molecule has 0 aliphatic rings. The molecule has 0 aliphatic heterocycles. The lowest BCUT2D eigenvalue weighted by Gasteiger charge is -2.27. The normalized spacial score (nSPS) is 11.1. The molecule has 0 aromatic heterocycles. The van der Waals surface area contributed by atoms with Crippen LogP contribution in [0.3, 0.4) is 0 Å². The van der Waals surface area contributed by atoms with Crippen molar-refractivity contribution >= 4 is 26.0 Å². The zero-order chi connectivity index (χ0) is 19.2. The number of nitrogens with zero attached hydrogens (tertiary/aromatic N) is 1. The van der Waals surface area contributed by atoms with Gasteiger partial charge in [0.2, 0.25) is 0 Å². The van der Waals surface area contributed by atoms with Crippen LogP contribution in [0.25, 0.3) is 0 Å². The van der Waals surface area contributed by atoms with E-state index >= 15 is 0 Å². The number of benzene rings is 1. The zero-order valence-corrected chi connectivity index (χ0v) is 17.9. The van der Waals surface area contributed by atoms with Crippen molar-refractivity contribution in [2.24, 2.45) is 0 Å². The van der Waals surface area contributed by atoms with Crippen LogP contribution in [0.5, 0.6) is 0 Å². The van der Waals surface area contributed by atoms with E-state index in [-0.39, 0.29) is 4.90 Å². The summed E-state index contributed by atoms with van der Waals surface area (Å²) in [7, 11) is 0.254. The van der Waals surface area contributed by atoms with E-state index in [4.69, 9.17) is 0 Å². The molecule has 0 atom stereocenters. The molecule has 4 nitrogen and oxygen atoms in total. The van der Waals surface area contributed by atoms with E-state index in [0.717, 1.165) is 11.0 Å². The van der Waals surface area contributed by atoms with Crippen molar-refractivity contribution in [2.75, 3.05) is 27.2 Å². The van der Waals surface area contributed by atoms with Crippen LogP contribution in [-0.4, -0.2) is 44.6 Å². The van der Waals surface area contributed by atoms with Gasteiger partial charge in [0.25, 0.3) is 0 Å². The first-order valence-corrected chi connectivity index (χ1v) is 10.8. The Morgan fingerprint density at radius 3 is 2.08 bits per heavy atom. The summed E-state index contributed by atoms with van der Waals surface area (Å²) in [5.74, 6) is 3.09. The van der Waals surface area contributed by atoms with Gasteiger partial charge in [-0.2, -0.15) is 0 Å². The highest BCUT2D eigenvalue weighted by Gasteiger charge is 2.11. The zero-order valence-electron chi connectivity index (χ0n) is 15.5. The third kappa shape index (κ3) is 14.0. The van der Waals surface area contributed by atoms with Gasteiger partial charge in [-0.3, -0.25) is 0 Å². The predicted molar refractivity (Wildman–Crippen MR) is 106 cm³/mol. The molecule has 0 aliphatic carbocycles. The molecule has 0 spiro atoms. The van der Waals surface area contributed by atoms with Gasteiger partial charge in [-0.1, -0.05) is 50.8 Å². The Kier molecular flexibility index (Phi) is 12.9. The molecule has 0 radical (unpaired) electrons. The monoisotopic (exact) mass is 431 g/mol. The summed E-state index contributed by atoms with van der Waals surface area (Å²) in [6, 6.07) is 7.19. The Morgan fingerprint density at radius 1 is 1.04 bits per heavy atom. The van der Waals surface area contributed by atoms with Crippen molar-refractivity contribution in [1.82, 2.24) is 0 Å². The Morgan fingerprint density at radius 2 is 1.60 bits per heavy atom. The van der Waals surface area contributed by atoms with Gasteiger partial charge in [0, 0.05) is 15.9 Å². The number of unbranched alkanes of at least 4 members (excludes halogenated alkanes) is 5. The molecule has 0 saturated heterocycles. The highest BCUT2D eigenvalue weighted by Crippen LogP contribution is 2.08. The second kappa shape index (κ2) is 13.3. The first kappa shape index (κ1) is 24.1. The van der Waals surface area contributed by atoms with Crippen LogP contribution in [0.15, 0.2) is 35.2 Å². The van der Waals surface area contributed by atoms with E-state index in [2.05, 4.69) is 47.7 Å². The standard InChI is InChI=1S/C13H25BrN.C6H6O3S/c1-4-5-6-7-8-9-12-15(2,3)13-10-11-14;7-10(8,9)6-4-2-1-3-5-6/h4-9,12-13H2,1-3H3;1-5H,(H,7,8,9)/q+1;/p-1. The minimum absolute atomic E-state index is 0.185. The van der Waals surface area contributed by atoms with Crippen LogP contribution >= 0.6 is 15.9 Å². The first-order chi connectivity index (χ1) is 11.7. The third-order valence-electron chi connectivity index (χ3n) is 3.72. The molecule has 6 heteroatoms. The van der Waals surface area contributed by atoms with Crippen molar-refractivity contribution in [2.45, 2.75) is 50.3 Å². The Bertz CT molecular complexity index is 619. The van der Waals surface area contributed by atoms with Crippen molar-refractivity contribution in [3.8, 4) is 10.8 Å². The molecule has 0 saturated carbocycles. The molecule has 0 fully saturated rings. The van der Waals surface area contributed by atoms with E-state index < -0.39 is 10.1 Å². The van der Waals surface area contributed by atoms with Crippen LogP contribution in [0.2, 0.25) is 0 Å². The molecule has 0 bridgehead atoms. The summed E-state index contributed by atoms with van der Waals surface area (Å²) in [5.41, 5.74) is 0. The summed E-state index contributed by atoms with van der Waals surface area (Å²) in [6.07, 6.45) is 8.25. The molecule has 1 rings (SSSR count). The van der Waals surface area contributed by atoms with Crippen molar-refractivity contribution in [3.63, 3.8) is 0 Å². The molecule has 142 valence electrons. The fourth-order valence-corrected chi connectivity index (χ4v) is 2.85. The van der Waals surface area contributed by atoms with Gasteiger partial charge in [0.15, 0.2) is 0 Å². The van der Waals surface area contributed by atoms with E-state index in [9.17, 15) is 13.0 Å². The third-order valence-corrected chi connectivity index (χ3v) is 4.85. The van der Waals surface area contributed by atoms with Gasteiger partial charge in [0.1, 0.15) is 16.7 Å². The molecule has 1 aromatic carbocycles. The van der Waals surface area contributed by atoms with Crippen molar-refractivity contribution < 1.29 is 17.5 Å². The van der Waals surface area contributed by atoms with E-state index in [0.29, 0.717) is 0 Å². The van der Waals surface area contributed by atoms with Crippen LogP contribution in [0, 0.1) is 10.8 Å². The van der Waals surface area contributed by atoms with Crippen molar-refractivity contribution in [3.05, 3.63) is 30.3 Å². The topological polar surface area (TPSA) is 57.2 Å². The van der Waals surface area contributed by atoms with Crippen LogP contribution in [-0.2, 0) is 10.1 Å². The number of quaternary nitrogens is 1. The van der Waals surface area contributed by atoms with Gasteiger partial charge < -0.3 is 9.04 Å².